The molecule has 3 saturated heterocycles. The smallest absolute Gasteiger partial charge is 0.335 e. The number of ketones is 1. The molecule has 5 aliphatic rings. The van der Waals surface area contributed by atoms with Crippen molar-refractivity contribution in [1.82, 2.24) is 0 Å². The number of rotatable bonds is 5. The Balaban J connectivity index is 1.54. The van der Waals surface area contributed by atoms with Crippen LogP contribution in [0.4, 0.5) is 0 Å². The van der Waals surface area contributed by atoms with E-state index in [9.17, 15) is 29.4 Å². The zero-order valence-corrected chi connectivity index (χ0v) is 25.2. The van der Waals surface area contributed by atoms with Gasteiger partial charge in [0.05, 0.1) is 36.9 Å². The van der Waals surface area contributed by atoms with Gasteiger partial charge in [0.2, 0.25) is 0 Å². The monoisotopic (exact) mass is 600 g/mol. The molecular weight excluding hydrogens is 560 g/mol. The van der Waals surface area contributed by atoms with Crippen molar-refractivity contribution in [2.75, 3.05) is 6.61 Å². The molecular formula is C32H40O11. The lowest BCUT2D eigenvalue weighted by atomic mass is 9.48. The first-order valence-electron chi connectivity index (χ1n) is 15.0. The molecule has 43 heavy (non-hydrogen) atoms. The highest BCUT2D eigenvalue weighted by molar-refractivity contribution is 5.96. The van der Waals surface area contributed by atoms with E-state index in [4.69, 9.17) is 23.4 Å². The van der Waals surface area contributed by atoms with Gasteiger partial charge >= 0.3 is 17.9 Å². The molecule has 0 aromatic carbocycles. The summed E-state index contributed by atoms with van der Waals surface area (Å²) in [5.41, 5.74) is -5.10. The van der Waals surface area contributed by atoms with Crippen LogP contribution in [0.1, 0.15) is 71.8 Å². The number of carbonyl (C=O) groups excluding carboxylic acids is 4. The third kappa shape index (κ3) is 3.83. The van der Waals surface area contributed by atoms with Crippen molar-refractivity contribution in [1.29, 1.82) is 0 Å². The van der Waals surface area contributed by atoms with Crippen molar-refractivity contribution in [2.24, 2.45) is 28.6 Å². The van der Waals surface area contributed by atoms with E-state index in [-0.39, 0.29) is 31.4 Å². The van der Waals surface area contributed by atoms with Crippen molar-refractivity contribution < 1.29 is 52.8 Å². The highest BCUT2D eigenvalue weighted by atomic mass is 16.6. The molecule has 1 aromatic rings. The molecule has 4 heterocycles. The number of fused-ring (bicyclic) bond motifs is 6. The first-order chi connectivity index (χ1) is 20.1. The predicted octanol–water partition coefficient (Wildman–Crippen LogP) is 2.62. The van der Waals surface area contributed by atoms with Crippen molar-refractivity contribution in [2.45, 2.75) is 102 Å². The summed E-state index contributed by atoms with van der Waals surface area (Å²) in [6.45, 7) is 13.0. The number of hydrogen-bond donors (Lipinski definition) is 2. The molecule has 0 amide bonds. The van der Waals surface area contributed by atoms with E-state index in [1.165, 1.54) is 12.5 Å². The molecule has 3 aliphatic heterocycles. The van der Waals surface area contributed by atoms with E-state index in [1.54, 1.807) is 26.8 Å². The summed E-state index contributed by atoms with van der Waals surface area (Å²) < 4.78 is 29.4. The Kier molecular flexibility index (Phi) is 6.80. The van der Waals surface area contributed by atoms with E-state index < -0.39 is 93.8 Å². The zero-order valence-electron chi connectivity index (χ0n) is 25.2. The maximum atomic E-state index is 14.0. The first kappa shape index (κ1) is 30.0. The molecule has 2 N–H and O–H groups in total. The second kappa shape index (κ2) is 9.74. The molecule has 2 aliphatic carbocycles. The Morgan fingerprint density at radius 3 is 2.53 bits per heavy atom. The van der Waals surface area contributed by atoms with E-state index >= 15 is 0 Å². The van der Waals surface area contributed by atoms with E-state index in [2.05, 4.69) is 6.58 Å². The summed E-state index contributed by atoms with van der Waals surface area (Å²) in [6, 6.07) is 1.70. The lowest BCUT2D eigenvalue weighted by molar-refractivity contribution is -0.216. The Bertz CT molecular complexity index is 1370. The summed E-state index contributed by atoms with van der Waals surface area (Å²) >= 11 is 0. The van der Waals surface area contributed by atoms with Gasteiger partial charge in [-0.1, -0.05) is 40.7 Å². The highest BCUT2D eigenvalue weighted by Gasteiger charge is 2.79. The number of ether oxygens (including phenoxy) is 4. The molecule has 11 heteroatoms. The van der Waals surface area contributed by atoms with Gasteiger partial charge < -0.3 is 33.6 Å². The van der Waals surface area contributed by atoms with Gasteiger partial charge in [-0.25, -0.2) is 4.79 Å². The Morgan fingerprint density at radius 2 is 1.88 bits per heavy atom. The molecule has 0 spiro atoms. The SMILES string of the molecule is C=C1C2C(OC3CC(=O)OC4(C)COC(=O)CC4C32C)C(OC(=O)C(O)C(C)CC)C2(C)C(c3ccoc3)CC(=O)C12O. The molecule has 5 fully saturated rings. The molecule has 0 bridgehead atoms. The van der Waals surface area contributed by atoms with Gasteiger partial charge in [-0.05, 0) is 30.0 Å². The molecule has 11 nitrogen and oxygen atoms in total. The summed E-state index contributed by atoms with van der Waals surface area (Å²) in [4.78, 5) is 53.4. The highest BCUT2D eigenvalue weighted by Crippen LogP contribution is 2.70. The molecule has 6 rings (SSSR count). The maximum Gasteiger partial charge on any atom is 0.335 e. The second-order valence-electron chi connectivity index (χ2n) is 13.8. The Morgan fingerprint density at radius 1 is 1.16 bits per heavy atom. The van der Waals surface area contributed by atoms with Gasteiger partial charge in [-0.2, -0.15) is 0 Å². The fraction of sp³-hybridized carbons (Fsp3) is 0.688. The number of carbonyl (C=O) groups is 4. The van der Waals surface area contributed by atoms with Gasteiger partial charge in [0, 0.05) is 29.6 Å². The summed E-state index contributed by atoms with van der Waals surface area (Å²) in [5, 5.41) is 23.5. The third-order valence-electron chi connectivity index (χ3n) is 11.7. The van der Waals surface area contributed by atoms with Gasteiger partial charge in [0.1, 0.15) is 24.4 Å². The number of Topliss-reactive ketones (excluding diaryl/α,β-unsaturated/α-hetero) is 1. The molecule has 12 unspecified atom stereocenters. The zero-order chi connectivity index (χ0) is 31.3. The van der Waals surface area contributed by atoms with Gasteiger partial charge in [-0.15, -0.1) is 0 Å². The van der Waals surface area contributed by atoms with E-state index in [1.807, 2.05) is 13.8 Å². The summed E-state index contributed by atoms with van der Waals surface area (Å²) in [6.07, 6.45) is -1.35. The van der Waals surface area contributed by atoms with Crippen molar-refractivity contribution in [3.63, 3.8) is 0 Å². The average molecular weight is 601 g/mol. The Labute approximate surface area is 249 Å². The van der Waals surface area contributed by atoms with Gasteiger partial charge in [0.25, 0.3) is 0 Å². The standard InChI is InChI=1S/C32H40O11/c1-7-15(2)25(36)28(37)42-27-26-24(16(3)32(38)20(33)10-18(31(27,32)6)17-8-9-39-13-17)30(5)19-11-22(34)40-14-29(19,4)43-23(35)12-21(30)41-26/h8-9,13,15,18-19,21,24-27,36,38H,3,7,10-12,14H2,1-2,4-6H3. The number of furan rings is 1. The minimum Gasteiger partial charge on any atom is -0.472 e. The normalized spacial score (nSPS) is 45.1. The van der Waals surface area contributed by atoms with Crippen LogP contribution in [0, 0.1) is 28.6 Å². The van der Waals surface area contributed by atoms with Crippen LogP contribution >= 0.6 is 0 Å². The Hall–Kier alpha value is -3.02. The topological polar surface area (TPSA) is 159 Å². The number of esters is 3. The predicted molar refractivity (Wildman–Crippen MR) is 147 cm³/mol. The minimum atomic E-state index is -2.17. The lowest BCUT2D eigenvalue weighted by Crippen LogP contribution is -2.68. The fourth-order valence-corrected chi connectivity index (χ4v) is 9.07. The van der Waals surface area contributed by atoms with Crippen LogP contribution in [-0.4, -0.2) is 76.1 Å². The number of aliphatic hydroxyl groups excluding tert-OH is 1. The minimum absolute atomic E-state index is 0.0812. The molecule has 234 valence electrons. The van der Waals surface area contributed by atoms with Gasteiger partial charge in [-0.3, -0.25) is 14.4 Å². The van der Waals surface area contributed by atoms with Crippen LogP contribution in [0.25, 0.3) is 0 Å². The van der Waals surface area contributed by atoms with Crippen LogP contribution in [0.5, 0.6) is 0 Å². The van der Waals surface area contributed by atoms with Gasteiger partial charge in [0.15, 0.2) is 17.5 Å². The number of hydrogen-bond acceptors (Lipinski definition) is 11. The van der Waals surface area contributed by atoms with Crippen LogP contribution < -0.4 is 0 Å². The van der Waals surface area contributed by atoms with Crippen molar-refractivity contribution >= 4 is 23.7 Å². The first-order valence-corrected chi connectivity index (χ1v) is 15.0. The number of aliphatic hydroxyl groups is 2. The molecule has 12 atom stereocenters. The quantitative estimate of drug-likeness (QED) is 0.291. The molecule has 1 aromatic heterocycles. The molecule has 0 radical (unpaired) electrons. The van der Waals surface area contributed by atoms with Crippen molar-refractivity contribution in [3.05, 3.63) is 36.3 Å². The average Bonchev–Trinajstić information content (AvgIpc) is 3.63. The fourth-order valence-electron chi connectivity index (χ4n) is 9.07. The maximum absolute atomic E-state index is 14.0. The number of cyclic esters (lactones) is 1. The van der Waals surface area contributed by atoms with Crippen LogP contribution in [0.15, 0.2) is 35.2 Å². The van der Waals surface area contributed by atoms with Crippen LogP contribution in [0.3, 0.4) is 0 Å². The van der Waals surface area contributed by atoms with Crippen LogP contribution in [0.2, 0.25) is 0 Å². The van der Waals surface area contributed by atoms with Crippen LogP contribution in [-0.2, 0) is 38.1 Å². The van der Waals surface area contributed by atoms with E-state index in [0.717, 1.165) is 0 Å². The summed E-state index contributed by atoms with van der Waals surface area (Å²) in [5.74, 6) is -4.92. The largest absolute Gasteiger partial charge is 0.472 e. The molecule has 2 saturated carbocycles. The second-order valence-corrected chi connectivity index (χ2v) is 13.8. The van der Waals surface area contributed by atoms with E-state index in [0.29, 0.717) is 12.0 Å². The van der Waals surface area contributed by atoms with Crippen molar-refractivity contribution in [3.8, 4) is 0 Å². The third-order valence-corrected chi connectivity index (χ3v) is 11.7. The summed E-state index contributed by atoms with van der Waals surface area (Å²) in [7, 11) is 0. The lowest BCUT2D eigenvalue weighted by Gasteiger charge is -2.58.